The molecule has 0 aliphatic heterocycles. The molecule has 0 N–H and O–H groups in total. The molecule has 1 aromatic rings. The number of hydrogen-bond donors (Lipinski definition) is 0. The van der Waals surface area contributed by atoms with Gasteiger partial charge in [-0.15, -0.1) is 16.7 Å². The Hall–Kier alpha value is -0.610. The Kier molecular flexibility index (Phi) is 5.05. The van der Waals surface area contributed by atoms with E-state index in [2.05, 4.69) is 24.2 Å². The first-order chi connectivity index (χ1) is 7.20. The third kappa shape index (κ3) is 3.18. The molecule has 0 amide bonds. The number of ether oxygens (including phenoxy) is 1. The lowest BCUT2D eigenvalue weighted by molar-refractivity contribution is 0.135. The average Bonchev–Trinajstić information content (AvgIpc) is 2.61. The quantitative estimate of drug-likeness (QED) is 0.557. The number of rotatable bonds is 6. The number of alkyl halides is 1. The van der Waals surface area contributed by atoms with Gasteiger partial charge in [0, 0.05) is 6.61 Å². The van der Waals surface area contributed by atoms with Crippen LogP contribution in [-0.4, -0.2) is 28.2 Å². The minimum atomic E-state index is 0.385. The lowest BCUT2D eigenvalue weighted by Crippen LogP contribution is -2.12. The van der Waals surface area contributed by atoms with Gasteiger partial charge in [0.25, 0.3) is 0 Å². The van der Waals surface area contributed by atoms with Crippen LogP contribution in [0.1, 0.15) is 38.1 Å². The average molecular weight is 232 g/mol. The second-order valence-corrected chi connectivity index (χ2v) is 3.90. The molecule has 5 heteroatoms. The van der Waals surface area contributed by atoms with E-state index in [1.54, 1.807) is 0 Å². The molecule has 0 fully saturated rings. The molecule has 0 aliphatic carbocycles. The predicted molar refractivity (Wildman–Crippen MR) is 60.2 cm³/mol. The van der Waals surface area contributed by atoms with E-state index < -0.39 is 0 Å². The Balaban J connectivity index is 2.73. The van der Waals surface area contributed by atoms with E-state index in [1.165, 1.54) is 0 Å². The maximum atomic E-state index is 5.80. The highest BCUT2D eigenvalue weighted by Crippen LogP contribution is 2.18. The van der Waals surface area contributed by atoms with E-state index in [0.717, 1.165) is 24.5 Å². The first-order valence-corrected chi connectivity index (χ1v) is 5.80. The minimum absolute atomic E-state index is 0.385. The van der Waals surface area contributed by atoms with Crippen LogP contribution in [0.2, 0.25) is 0 Å². The van der Waals surface area contributed by atoms with Gasteiger partial charge in [-0.2, -0.15) is 0 Å². The maximum Gasteiger partial charge on any atom is 0.101 e. The van der Waals surface area contributed by atoms with Crippen molar-refractivity contribution in [2.75, 3.05) is 13.2 Å². The van der Waals surface area contributed by atoms with Crippen LogP contribution >= 0.6 is 11.6 Å². The summed E-state index contributed by atoms with van der Waals surface area (Å²) in [6.07, 6.45) is 0. The summed E-state index contributed by atoms with van der Waals surface area (Å²) in [7, 11) is 0. The smallest absolute Gasteiger partial charge is 0.101 e. The van der Waals surface area contributed by atoms with E-state index in [9.17, 15) is 0 Å². The molecule has 1 rings (SSSR count). The van der Waals surface area contributed by atoms with Gasteiger partial charge in [-0.25, -0.2) is 4.68 Å². The molecule has 0 saturated carbocycles. The second-order valence-electron chi connectivity index (χ2n) is 3.63. The molecule has 0 saturated heterocycles. The molecule has 1 heterocycles. The van der Waals surface area contributed by atoms with Crippen molar-refractivity contribution in [3.05, 3.63) is 11.4 Å². The van der Waals surface area contributed by atoms with Crippen LogP contribution in [0.5, 0.6) is 0 Å². The molecule has 1 aromatic heterocycles. The van der Waals surface area contributed by atoms with E-state index in [-0.39, 0.29) is 0 Å². The Morgan fingerprint density at radius 1 is 1.47 bits per heavy atom. The summed E-state index contributed by atoms with van der Waals surface area (Å²) in [6.45, 7) is 8.35. The fourth-order valence-electron chi connectivity index (χ4n) is 1.54. The second kappa shape index (κ2) is 6.08. The summed E-state index contributed by atoms with van der Waals surface area (Å²) in [5, 5.41) is 8.14. The Morgan fingerprint density at radius 2 is 2.20 bits per heavy atom. The summed E-state index contributed by atoms with van der Waals surface area (Å²) < 4.78 is 7.18. The molecule has 4 nitrogen and oxygen atoms in total. The van der Waals surface area contributed by atoms with Gasteiger partial charge in [-0.1, -0.05) is 19.1 Å². The van der Waals surface area contributed by atoms with Crippen molar-refractivity contribution in [2.24, 2.45) is 0 Å². The largest absolute Gasteiger partial charge is 0.380 e. The highest BCUT2D eigenvalue weighted by molar-refractivity contribution is 6.16. The van der Waals surface area contributed by atoms with Crippen molar-refractivity contribution in [2.45, 2.75) is 39.1 Å². The molecular weight excluding hydrogens is 214 g/mol. The van der Waals surface area contributed by atoms with Crippen molar-refractivity contribution >= 4 is 11.6 Å². The normalized spacial score (nSPS) is 11.3. The van der Waals surface area contributed by atoms with Crippen LogP contribution in [0, 0.1) is 0 Å². The SMILES string of the molecule is CCOCCn1nnc(CCl)c1C(C)C. The van der Waals surface area contributed by atoms with Crippen molar-refractivity contribution in [3.63, 3.8) is 0 Å². The monoisotopic (exact) mass is 231 g/mol. The topological polar surface area (TPSA) is 39.9 Å². The molecule has 0 aromatic carbocycles. The molecule has 86 valence electrons. The first-order valence-electron chi connectivity index (χ1n) is 5.26. The van der Waals surface area contributed by atoms with E-state index in [1.807, 2.05) is 11.6 Å². The Morgan fingerprint density at radius 3 is 2.73 bits per heavy atom. The summed E-state index contributed by atoms with van der Waals surface area (Å²) in [5.74, 6) is 0.803. The molecule has 0 bridgehead atoms. The van der Waals surface area contributed by atoms with Crippen LogP contribution in [0.25, 0.3) is 0 Å². The summed E-state index contributed by atoms with van der Waals surface area (Å²) in [6, 6.07) is 0. The van der Waals surface area contributed by atoms with Crippen LogP contribution in [0.3, 0.4) is 0 Å². The zero-order chi connectivity index (χ0) is 11.3. The van der Waals surface area contributed by atoms with Gasteiger partial charge in [0.05, 0.1) is 24.7 Å². The Bertz CT molecular complexity index is 299. The maximum absolute atomic E-state index is 5.80. The van der Waals surface area contributed by atoms with E-state index in [0.29, 0.717) is 18.4 Å². The number of hydrogen-bond acceptors (Lipinski definition) is 3. The van der Waals surface area contributed by atoms with Crippen LogP contribution in [0.4, 0.5) is 0 Å². The lowest BCUT2D eigenvalue weighted by Gasteiger charge is -2.10. The van der Waals surface area contributed by atoms with Gasteiger partial charge in [0.2, 0.25) is 0 Å². The third-order valence-corrected chi connectivity index (χ3v) is 2.43. The fourth-order valence-corrected chi connectivity index (χ4v) is 1.73. The molecule has 0 atom stereocenters. The van der Waals surface area contributed by atoms with E-state index in [4.69, 9.17) is 16.3 Å². The van der Waals surface area contributed by atoms with E-state index >= 15 is 0 Å². The number of aromatic nitrogens is 3. The zero-order valence-electron chi connectivity index (χ0n) is 9.53. The zero-order valence-corrected chi connectivity index (χ0v) is 10.3. The van der Waals surface area contributed by atoms with Crippen LogP contribution in [0.15, 0.2) is 0 Å². The fraction of sp³-hybridized carbons (Fsp3) is 0.800. The van der Waals surface area contributed by atoms with Crippen LogP contribution in [-0.2, 0) is 17.2 Å². The first kappa shape index (κ1) is 12.5. The van der Waals surface area contributed by atoms with Gasteiger partial charge in [-0.3, -0.25) is 0 Å². The van der Waals surface area contributed by atoms with Gasteiger partial charge >= 0.3 is 0 Å². The summed E-state index contributed by atoms with van der Waals surface area (Å²) >= 11 is 5.80. The van der Waals surface area contributed by atoms with Gasteiger partial charge in [0.1, 0.15) is 5.69 Å². The van der Waals surface area contributed by atoms with Gasteiger partial charge in [-0.05, 0) is 12.8 Å². The highest BCUT2D eigenvalue weighted by atomic mass is 35.5. The Labute approximate surface area is 95.6 Å². The molecule has 0 aliphatic rings. The summed E-state index contributed by atoms with van der Waals surface area (Å²) in [5.41, 5.74) is 1.99. The van der Waals surface area contributed by atoms with Crippen molar-refractivity contribution in [1.29, 1.82) is 0 Å². The van der Waals surface area contributed by atoms with Crippen LogP contribution < -0.4 is 0 Å². The van der Waals surface area contributed by atoms with Crippen molar-refractivity contribution in [3.8, 4) is 0 Å². The predicted octanol–water partition coefficient (Wildman–Crippen LogP) is 2.18. The third-order valence-electron chi connectivity index (χ3n) is 2.17. The molecule has 15 heavy (non-hydrogen) atoms. The van der Waals surface area contributed by atoms with Gasteiger partial charge < -0.3 is 4.74 Å². The lowest BCUT2D eigenvalue weighted by atomic mass is 10.1. The molecule has 0 unspecified atom stereocenters. The highest BCUT2D eigenvalue weighted by Gasteiger charge is 2.14. The van der Waals surface area contributed by atoms with Crippen molar-refractivity contribution in [1.82, 2.24) is 15.0 Å². The van der Waals surface area contributed by atoms with Gasteiger partial charge in [0.15, 0.2) is 0 Å². The van der Waals surface area contributed by atoms with Crippen molar-refractivity contribution < 1.29 is 4.74 Å². The minimum Gasteiger partial charge on any atom is -0.380 e. The molecule has 0 radical (unpaired) electrons. The number of nitrogens with zero attached hydrogens (tertiary/aromatic N) is 3. The number of halogens is 1. The standard InChI is InChI=1S/C10H18ClN3O/c1-4-15-6-5-14-10(8(2)3)9(7-11)12-13-14/h8H,4-7H2,1-3H3. The molecular formula is C10H18ClN3O. The molecule has 0 spiro atoms. The summed E-state index contributed by atoms with van der Waals surface area (Å²) in [4.78, 5) is 0.